The van der Waals surface area contributed by atoms with Crippen LogP contribution in [0.4, 0.5) is 4.39 Å². The summed E-state index contributed by atoms with van der Waals surface area (Å²) in [6.07, 6.45) is 3.20. The van der Waals surface area contributed by atoms with E-state index < -0.39 is 0 Å². The summed E-state index contributed by atoms with van der Waals surface area (Å²) in [5.41, 5.74) is 4.37. The minimum Gasteiger partial charge on any atom is -0.508 e. The van der Waals surface area contributed by atoms with Crippen molar-refractivity contribution >= 4 is 18.2 Å². The Morgan fingerprint density at radius 1 is 1.09 bits per heavy atom. The van der Waals surface area contributed by atoms with Gasteiger partial charge in [0, 0.05) is 23.4 Å². The molecular formula is C29H33ClFNO3. The first-order valence-corrected chi connectivity index (χ1v) is 11.9. The van der Waals surface area contributed by atoms with E-state index in [4.69, 9.17) is 0 Å². The summed E-state index contributed by atoms with van der Waals surface area (Å²) in [4.78, 5) is 15.1. The maximum atomic E-state index is 13.2. The molecule has 4 nitrogen and oxygen atoms in total. The second-order valence-corrected chi connectivity index (χ2v) is 9.56. The van der Waals surface area contributed by atoms with Gasteiger partial charge in [0.1, 0.15) is 11.6 Å². The molecule has 3 unspecified atom stereocenters. The van der Waals surface area contributed by atoms with Crippen molar-refractivity contribution < 1.29 is 19.8 Å². The SMILES string of the molecule is CC1C2Cc3ccc(O)cc3C1(c1ccccc1)CCN2CCCC(=O)c1ccc(F)cc1.Cl.O. The third-order valence-electron chi connectivity index (χ3n) is 7.92. The fourth-order valence-electron chi connectivity index (χ4n) is 6.23. The van der Waals surface area contributed by atoms with E-state index in [1.165, 1.54) is 28.8 Å². The van der Waals surface area contributed by atoms with Gasteiger partial charge in [-0.25, -0.2) is 4.39 Å². The van der Waals surface area contributed by atoms with Crippen molar-refractivity contribution in [3.63, 3.8) is 0 Å². The van der Waals surface area contributed by atoms with E-state index >= 15 is 0 Å². The Morgan fingerprint density at radius 2 is 1.80 bits per heavy atom. The summed E-state index contributed by atoms with van der Waals surface area (Å²) in [5, 5.41) is 10.3. The van der Waals surface area contributed by atoms with Gasteiger partial charge in [-0.1, -0.05) is 43.3 Å². The average molecular weight is 498 g/mol. The van der Waals surface area contributed by atoms with Gasteiger partial charge in [0.2, 0.25) is 0 Å². The number of ketones is 1. The van der Waals surface area contributed by atoms with Crippen molar-refractivity contribution in [1.82, 2.24) is 4.90 Å². The second-order valence-electron chi connectivity index (χ2n) is 9.56. The number of benzene rings is 3. The maximum absolute atomic E-state index is 13.2. The van der Waals surface area contributed by atoms with E-state index in [1.807, 2.05) is 6.07 Å². The van der Waals surface area contributed by atoms with Gasteiger partial charge >= 0.3 is 0 Å². The molecule has 2 bridgehead atoms. The molecule has 0 aromatic heterocycles. The first kappa shape index (κ1) is 26.9. The average Bonchev–Trinajstić information content (AvgIpc) is 2.82. The monoisotopic (exact) mass is 497 g/mol. The number of likely N-dealkylation sites (tertiary alicyclic amines) is 1. The predicted molar refractivity (Wildman–Crippen MR) is 139 cm³/mol. The molecule has 3 aromatic carbocycles. The molecule has 1 fully saturated rings. The van der Waals surface area contributed by atoms with Crippen LogP contribution >= 0.6 is 12.4 Å². The Hall–Kier alpha value is -2.73. The second kappa shape index (κ2) is 10.9. The third-order valence-corrected chi connectivity index (χ3v) is 7.92. The molecule has 1 aliphatic carbocycles. The number of phenolic OH excluding ortho intramolecular Hbond substituents is 1. The number of Topliss-reactive ketones (excluding diaryl/α,β-unsaturated/α-hetero) is 1. The zero-order valence-electron chi connectivity index (χ0n) is 19.9. The zero-order valence-corrected chi connectivity index (χ0v) is 20.7. The minimum absolute atomic E-state index is 0. The first-order chi connectivity index (χ1) is 16.0. The third kappa shape index (κ3) is 4.86. The van der Waals surface area contributed by atoms with Crippen LogP contribution in [0.15, 0.2) is 72.8 Å². The van der Waals surface area contributed by atoms with Crippen molar-refractivity contribution in [3.8, 4) is 5.75 Å². The molecule has 0 saturated carbocycles. The van der Waals surface area contributed by atoms with E-state index in [0.29, 0.717) is 29.7 Å². The maximum Gasteiger partial charge on any atom is 0.162 e. The number of nitrogens with zero attached hydrogens (tertiary/aromatic N) is 1. The Bertz CT molecular complexity index is 1150. The van der Waals surface area contributed by atoms with Crippen molar-refractivity contribution in [2.24, 2.45) is 5.92 Å². The molecule has 1 heterocycles. The number of carbonyl (C=O) groups is 1. The van der Waals surface area contributed by atoms with Crippen LogP contribution < -0.4 is 0 Å². The smallest absolute Gasteiger partial charge is 0.162 e. The largest absolute Gasteiger partial charge is 0.508 e. The fourth-order valence-corrected chi connectivity index (χ4v) is 6.23. The summed E-state index contributed by atoms with van der Waals surface area (Å²) >= 11 is 0. The summed E-state index contributed by atoms with van der Waals surface area (Å²) in [6.45, 7) is 4.18. The Kier molecular flexibility index (Phi) is 8.37. The van der Waals surface area contributed by atoms with Crippen molar-refractivity contribution in [2.75, 3.05) is 13.1 Å². The van der Waals surface area contributed by atoms with Crippen LogP contribution in [0.25, 0.3) is 0 Å². The highest BCUT2D eigenvalue weighted by Crippen LogP contribution is 2.53. The number of halogens is 2. The van der Waals surface area contributed by atoms with Gasteiger partial charge in [-0.15, -0.1) is 12.4 Å². The Balaban J connectivity index is 0.00000171. The number of hydrogen-bond donors (Lipinski definition) is 1. The lowest BCUT2D eigenvalue weighted by atomic mass is 9.55. The lowest BCUT2D eigenvalue weighted by molar-refractivity contribution is 0.0396. The number of phenols is 1. The number of aromatic hydroxyl groups is 1. The summed E-state index contributed by atoms with van der Waals surface area (Å²) in [7, 11) is 0. The van der Waals surface area contributed by atoms with E-state index in [-0.39, 0.29) is 34.9 Å². The molecule has 0 radical (unpaired) electrons. The van der Waals surface area contributed by atoms with Gasteiger partial charge in [-0.05, 0) is 91.4 Å². The fraction of sp³-hybridized carbons (Fsp3) is 0.345. The van der Waals surface area contributed by atoms with Crippen LogP contribution in [0, 0.1) is 11.7 Å². The molecule has 1 saturated heterocycles. The van der Waals surface area contributed by atoms with Gasteiger partial charge in [-0.2, -0.15) is 0 Å². The van der Waals surface area contributed by atoms with Gasteiger partial charge in [-0.3, -0.25) is 9.69 Å². The quantitative estimate of drug-likeness (QED) is 0.467. The molecule has 1 aliphatic heterocycles. The number of rotatable bonds is 6. The van der Waals surface area contributed by atoms with Gasteiger partial charge in [0.15, 0.2) is 5.78 Å². The number of fused-ring (bicyclic) bond motifs is 4. The van der Waals surface area contributed by atoms with Crippen LogP contribution in [0.5, 0.6) is 5.75 Å². The van der Waals surface area contributed by atoms with E-state index in [2.05, 4.69) is 48.2 Å². The zero-order chi connectivity index (χ0) is 23.0. The van der Waals surface area contributed by atoms with Crippen LogP contribution in [-0.4, -0.2) is 40.4 Å². The van der Waals surface area contributed by atoms with Crippen molar-refractivity contribution in [1.29, 1.82) is 0 Å². The summed E-state index contributed by atoms with van der Waals surface area (Å²) in [5.74, 6) is 0.469. The van der Waals surface area contributed by atoms with Crippen LogP contribution in [0.3, 0.4) is 0 Å². The van der Waals surface area contributed by atoms with Crippen molar-refractivity contribution in [3.05, 3.63) is 101 Å². The van der Waals surface area contributed by atoms with E-state index in [9.17, 15) is 14.3 Å². The van der Waals surface area contributed by atoms with Gasteiger partial charge < -0.3 is 10.6 Å². The van der Waals surface area contributed by atoms with Gasteiger partial charge in [0.25, 0.3) is 0 Å². The molecule has 6 heteroatoms. The number of hydrogen-bond acceptors (Lipinski definition) is 3. The molecule has 3 aromatic rings. The van der Waals surface area contributed by atoms with Gasteiger partial charge in [0.05, 0.1) is 0 Å². The van der Waals surface area contributed by atoms with Crippen LogP contribution in [-0.2, 0) is 11.8 Å². The molecule has 3 N–H and O–H groups in total. The molecule has 3 atom stereocenters. The highest BCUT2D eigenvalue weighted by atomic mass is 35.5. The topological polar surface area (TPSA) is 72.0 Å². The summed E-state index contributed by atoms with van der Waals surface area (Å²) < 4.78 is 13.2. The lowest BCUT2D eigenvalue weighted by Gasteiger charge is -2.56. The molecule has 186 valence electrons. The Labute approximate surface area is 212 Å². The first-order valence-electron chi connectivity index (χ1n) is 11.9. The summed E-state index contributed by atoms with van der Waals surface area (Å²) in [6, 6.07) is 22.8. The molecule has 0 spiro atoms. The highest BCUT2D eigenvalue weighted by molar-refractivity contribution is 5.95. The highest BCUT2D eigenvalue weighted by Gasteiger charge is 2.52. The molecular weight excluding hydrogens is 465 g/mol. The van der Waals surface area contributed by atoms with Crippen LogP contribution in [0.1, 0.15) is 53.2 Å². The number of carbonyl (C=O) groups excluding carboxylic acids is 1. The molecule has 0 amide bonds. The molecule has 2 aliphatic rings. The number of piperidine rings is 1. The normalized spacial score (nSPS) is 22.9. The van der Waals surface area contributed by atoms with Crippen LogP contribution in [0.2, 0.25) is 0 Å². The van der Waals surface area contributed by atoms with Crippen molar-refractivity contribution in [2.45, 2.75) is 44.1 Å². The molecule has 5 rings (SSSR count). The lowest BCUT2D eigenvalue weighted by Crippen LogP contribution is -2.59. The Morgan fingerprint density at radius 3 is 2.51 bits per heavy atom. The molecule has 35 heavy (non-hydrogen) atoms. The van der Waals surface area contributed by atoms with E-state index in [1.54, 1.807) is 18.2 Å². The van der Waals surface area contributed by atoms with E-state index in [0.717, 1.165) is 32.4 Å². The predicted octanol–water partition coefficient (Wildman–Crippen LogP) is 5.34. The standard InChI is InChI=1S/C29H30FNO2.ClH.H2O/c1-20-27-18-22-11-14-25(32)19-26(22)29(20,23-6-3-2-4-7-23)15-17-31(27)16-5-8-28(33)21-9-12-24(30)13-10-21;;/h2-4,6-7,9-14,19-20,27,32H,5,8,15-18H2,1H3;1H;1H2. The minimum atomic E-state index is -0.318.